The van der Waals surface area contributed by atoms with E-state index in [4.69, 9.17) is 11.5 Å². The van der Waals surface area contributed by atoms with Crippen molar-refractivity contribution in [2.24, 2.45) is 17.4 Å². The second-order valence-corrected chi connectivity index (χ2v) is 4.28. The molecule has 0 bridgehead atoms. The molecule has 15 heavy (non-hydrogen) atoms. The van der Waals surface area contributed by atoms with Crippen LogP contribution in [0.3, 0.4) is 0 Å². The van der Waals surface area contributed by atoms with Crippen molar-refractivity contribution in [1.29, 1.82) is 0 Å². The van der Waals surface area contributed by atoms with Crippen LogP contribution in [-0.2, 0) is 9.59 Å². The average Bonchev–Trinajstić information content (AvgIpc) is 2.17. The summed E-state index contributed by atoms with van der Waals surface area (Å²) in [4.78, 5) is 24.1. The lowest BCUT2D eigenvalue weighted by Gasteiger charge is -2.31. The number of primary amides is 1. The number of nitrogens with zero attached hydrogens (tertiary/aromatic N) is 1. The van der Waals surface area contributed by atoms with Crippen molar-refractivity contribution < 1.29 is 9.59 Å². The molecule has 0 aliphatic carbocycles. The van der Waals surface area contributed by atoms with Crippen LogP contribution in [0.5, 0.6) is 0 Å². The molecule has 1 rings (SSSR count). The van der Waals surface area contributed by atoms with Gasteiger partial charge in [-0.25, -0.2) is 0 Å². The maximum Gasteiger partial charge on any atom is 0.240 e. The Labute approximate surface area is 89.8 Å². The summed E-state index contributed by atoms with van der Waals surface area (Å²) < 4.78 is 0. The molecule has 86 valence electrons. The van der Waals surface area contributed by atoms with Crippen LogP contribution in [0.1, 0.15) is 26.2 Å². The third kappa shape index (κ3) is 3.51. The van der Waals surface area contributed by atoms with Crippen molar-refractivity contribution in [3.8, 4) is 0 Å². The standard InChI is InChI=1S/C10H19N3O2/c1-7-2-4-13(5-3-7)10(15)8(11)6-9(12)14/h7-8H,2-6,11H2,1H3,(H2,12,14). The third-order valence-electron chi connectivity index (χ3n) is 2.83. The third-order valence-corrected chi connectivity index (χ3v) is 2.83. The van der Waals surface area contributed by atoms with Crippen LogP contribution in [-0.4, -0.2) is 35.8 Å². The molecule has 5 nitrogen and oxygen atoms in total. The van der Waals surface area contributed by atoms with Gasteiger partial charge >= 0.3 is 0 Å². The molecular formula is C10H19N3O2. The number of nitrogens with two attached hydrogens (primary N) is 2. The van der Waals surface area contributed by atoms with E-state index < -0.39 is 11.9 Å². The molecule has 1 saturated heterocycles. The molecule has 4 N–H and O–H groups in total. The molecular weight excluding hydrogens is 194 g/mol. The van der Waals surface area contributed by atoms with Gasteiger partial charge in [-0.05, 0) is 18.8 Å². The first-order valence-corrected chi connectivity index (χ1v) is 5.33. The number of carbonyl (C=O) groups is 2. The van der Waals surface area contributed by atoms with E-state index in [9.17, 15) is 9.59 Å². The minimum Gasteiger partial charge on any atom is -0.370 e. The highest BCUT2D eigenvalue weighted by Crippen LogP contribution is 2.16. The molecule has 0 spiro atoms. The van der Waals surface area contributed by atoms with E-state index in [1.807, 2.05) is 0 Å². The Morgan fingerprint density at radius 1 is 1.40 bits per heavy atom. The minimum absolute atomic E-state index is 0.0646. The topological polar surface area (TPSA) is 89.4 Å². The van der Waals surface area contributed by atoms with Gasteiger partial charge in [0.1, 0.15) is 0 Å². The second kappa shape index (κ2) is 5.11. The number of hydrogen-bond acceptors (Lipinski definition) is 3. The predicted octanol–water partition coefficient (Wildman–Crippen LogP) is -0.552. The van der Waals surface area contributed by atoms with Crippen LogP contribution in [0, 0.1) is 5.92 Å². The summed E-state index contributed by atoms with van der Waals surface area (Å²) in [6, 6.07) is -0.768. The van der Waals surface area contributed by atoms with Crippen LogP contribution in [0.15, 0.2) is 0 Å². The Morgan fingerprint density at radius 3 is 2.40 bits per heavy atom. The van der Waals surface area contributed by atoms with Gasteiger partial charge in [0.2, 0.25) is 11.8 Å². The van der Waals surface area contributed by atoms with Gasteiger partial charge in [0.25, 0.3) is 0 Å². The van der Waals surface area contributed by atoms with E-state index in [-0.39, 0.29) is 12.3 Å². The summed E-state index contributed by atoms with van der Waals surface area (Å²) in [6.45, 7) is 3.66. The highest BCUT2D eigenvalue weighted by molar-refractivity contribution is 5.87. The van der Waals surface area contributed by atoms with Gasteiger partial charge in [0.15, 0.2) is 0 Å². The Kier molecular flexibility index (Phi) is 4.08. The van der Waals surface area contributed by atoms with Crippen LogP contribution in [0.2, 0.25) is 0 Å². The van der Waals surface area contributed by atoms with Gasteiger partial charge in [-0.1, -0.05) is 6.92 Å². The van der Waals surface area contributed by atoms with Crippen molar-refractivity contribution in [2.75, 3.05) is 13.1 Å². The maximum atomic E-state index is 11.7. The number of carbonyl (C=O) groups excluding carboxylic acids is 2. The van der Waals surface area contributed by atoms with Gasteiger partial charge in [0.05, 0.1) is 12.5 Å². The molecule has 5 heteroatoms. The zero-order valence-electron chi connectivity index (χ0n) is 9.11. The maximum absolute atomic E-state index is 11.7. The van der Waals surface area contributed by atoms with Crippen molar-refractivity contribution in [3.63, 3.8) is 0 Å². The molecule has 1 aliphatic rings. The average molecular weight is 213 g/mol. The Morgan fingerprint density at radius 2 is 1.93 bits per heavy atom. The van der Waals surface area contributed by atoms with Gasteiger partial charge in [-0.15, -0.1) is 0 Å². The number of likely N-dealkylation sites (tertiary alicyclic amines) is 1. The van der Waals surface area contributed by atoms with Crippen LogP contribution < -0.4 is 11.5 Å². The molecule has 0 aromatic rings. The van der Waals surface area contributed by atoms with E-state index in [0.717, 1.165) is 25.9 Å². The van der Waals surface area contributed by atoms with E-state index >= 15 is 0 Å². The molecule has 1 unspecified atom stereocenters. The first-order chi connectivity index (χ1) is 7.00. The zero-order chi connectivity index (χ0) is 11.4. The number of amides is 2. The highest BCUT2D eigenvalue weighted by atomic mass is 16.2. The fourth-order valence-electron chi connectivity index (χ4n) is 1.77. The molecule has 1 heterocycles. The monoisotopic (exact) mass is 213 g/mol. The molecule has 2 amide bonds. The van der Waals surface area contributed by atoms with Crippen molar-refractivity contribution in [3.05, 3.63) is 0 Å². The van der Waals surface area contributed by atoms with E-state index in [1.54, 1.807) is 4.90 Å². The molecule has 0 radical (unpaired) electrons. The first kappa shape index (κ1) is 12.0. The highest BCUT2D eigenvalue weighted by Gasteiger charge is 2.25. The normalized spacial score (nSPS) is 20.0. The fraction of sp³-hybridized carbons (Fsp3) is 0.800. The fourth-order valence-corrected chi connectivity index (χ4v) is 1.77. The number of hydrogen-bond donors (Lipinski definition) is 2. The summed E-state index contributed by atoms with van der Waals surface area (Å²) in [6.07, 6.45) is 1.95. The second-order valence-electron chi connectivity index (χ2n) is 4.28. The van der Waals surface area contributed by atoms with E-state index in [0.29, 0.717) is 5.92 Å². The van der Waals surface area contributed by atoms with Gasteiger partial charge in [-0.3, -0.25) is 9.59 Å². The molecule has 0 aromatic carbocycles. The lowest BCUT2D eigenvalue weighted by Crippen LogP contribution is -2.48. The Balaban J connectivity index is 2.42. The summed E-state index contributed by atoms with van der Waals surface area (Å²) in [7, 11) is 0. The summed E-state index contributed by atoms with van der Waals surface area (Å²) in [5.41, 5.74) is 10.6. The van der Waals surface area contributed by atoms with Crippen LogP contribution >= 0.6 is 0 Å². The first-order valence-electron chi connectivity index (χ1n) is 5.33. The van der Waals surface area contributed by atoms with E-state index in [1.165, 1.54) is 0 Å². The number of piperidine rings is 1. The zero-order valence-corrected chi connectivity index (χ0v) is 9.11. The van der Waals surface area contributed by atoms with Crippen molar-refractivity contribution in [2.45, 2.75) is 32.2 Å². The summed E-state index contributed by atoms with van der Waals surface area (Å²) in [5.74, 6) is -0.0108. The van der Waals surface area contributed by atoms with Gasteiger partial charge in [-0.2, -0.15) is 0 Å². The largest absolute Gasteiger partial charge is 0.370 e. The molecule has 0 aromatic heterocycles. The lowest BCUT2D eigenvalue weighted by atomic mass is 9.98. The molecule has 1 fully saturated rings. The summed E-state index contributed by atoms with van der Waals surface area (Å²) >= 11 is 0. The molecule has 1 aliphatic heterocycles. The SMILES string of the molecule is CC1CCN(C(=O)C(N)CC(N)=O)CC1. The van der Waals surface area contributed by atoms with Crippen molar-refractivity contribution >= 4 is 11.8 Å². The number of rotatable bonds is 3. The van der Waals surface area contributed by atoms with Gasteiger partial charge < -0.3 is 16.4 Å². The summed E-state index contributed by atoms with van der Waals surface area (Å²) in [5, 5.41) is 0. The minimum atomic E-state index is -0.768. The van der Waals surface area contributed by atoms with Crippen LogP contribution in [0.4, 0.5) is 0 Å². The molecule has 1 atom stereocenters. The Hall–Kier alpha value is -1.10. The molecule has 0 saturated carbocycles. The van der Waals surface area contributed by atoms with Crippen molar-refractivity contribution in [1.82, 2.24) is 4.90 Å². The van der Waals surface area contributed by atoms with Crippen LogP contribution in [0.25, 0.3) is 0 Å². The Bertz CT molecular complexity index is 247. The smallest absolute Gasteiger partial charge is 0.240 e. The van der Waals surface area contributed by atoms with E-state index in [2.05, 4.69) is 6.92 Å². The quantitative estimate of drug-likeness (QED) is 0.659. The van der Waals surface area contributed by atoms with Gasteiger partial charge in [0, 0.05) is 13.1 Å². The predicted molar refractivity (Wildman–Crippen MR) is 56.8 cm³/mol. The lowest BCUT2D eigenvalue weighted by molar-refractivity contribution is -0.135.